The van der Waals surface area contributed by atoms with Crippen LogP contribution in [-0.4, -0.2) is 24.7 Å². The van der Waals surface area contributed by atoms with Crippen LogP contribution in [0.4, 0.5) is 5.69 Å². The molecular formula is C21H26N2O2S. The molecular weight excluding hydrogens is 344 g/mol. The highest BCUT2D eigenvalue weighted by Gasteiger charge is 2.11. The number of rotatable bonds is 7. The van der Waals surface area contributed by atoms with Crippen LogP contribution in [0.2, 0.25) is 0 Å². The summed E-state index contributed by atoms with van der Waals surface area (Å²) >= 11 is 5.43. The van der Waals surface area contributed by atoms with E-state index in [2.05, 4.69) is 41.8 Å². The number of hydrogen-bond acceptors (Lipinski definition) is 3. The van der Waals surface area contributed by atoms with Crippen molar-refractivity contribution in [3.8, 4) is 0 Å². The number of nitrogens with one attached hydrogen (secondary N) is 2. The molecule has 2 aromatic rings. The Hall–Kier alpha value is -2.40. The van der Waals surface area contributed by atoms with Crippen molar-refractivity contribution in [1.29, 1.82) is 0 Å². The number of esters is 1. The van der Waals surface area contributed by atoms with Gasteiger partial charge in [-0.25, -0.2) is 4.79 Å². The molecule has 0 aliphatic rings. The predicted molar refractivity (Wildman–Crippen MR) is 111 cm³/mol. The number of carbonyl (C=O) groups excluding carboxylic acids is 1. The van der Waals surface area contributed by atoms with Crippen molar-refractivity contribution in [1.82, 2.24) is 5.32 Å². The minimum absolute atomic E-state index is 0.360. The molecule has 0 unspecified atom stereocenters. The summed E-state index contributed by atoms with van der Waals surface area (Å²) < 4.78 is 4.77. The summed E-state index contributed by atoms with van der Waals surface area (Å²) in [5.41, 5.74) is 3.65. The molecule has 0 aliphatic carbocycles. The smallest absolute Gasteiger partial charge is 0.337 e. The van der Waals surface area contributed by atoms with E-state index in [0.29, 0.717) is 16.6 Å². The highest BCUT2D eigenvalue weighted by Crippen LogP contribution is 2.18. The van der Waals surface area contributed by atoms with Crippen molar-refractivity contribution in [2.24, 2.45) is 5.92 Å². The third kappa shape index (κ3) is 5.85. The van der Waals surface area contributed by atoms with Crippen LogP contribution in [-0.2, 0) is 11.2 Å². The van der Waals surface area contributed by atoms with Crippen LogP contribution in [0, 0.1) is 12.8 Å². The summed E-state index contributed by atoms with van der Waals surface area (Å²) in [5.74, 6) is 0.139. The molecule has 0 bridgehead atoms. The number of ether oxygens (including phenoxy) is 1. The molecule has 5 heteroatoms. The zero-order chi connectivity index (χ0) is 18.9. The standard InChI is InChI=1S/C21H26N2O2S/c1-4-16(12-17-8-6-5-7-9-17)14-22-21(26)23-19-13-18(20(24)25-3)11-10-15(19)2/h5-11,13,16H,4,12,14H2,1-3H3,(H2,22,23,26)/t16-/m1/s1. The van der Waals surface area contributed by atoms with E-state index in [0.717, 1.165) is 30.6 Å². The van der Waals surface area contributed by atoms with Gasteiger partial charge in [-0.1, -0.05) is 49.7 Å². The molecule has 0 aromatic heterocycles. The van der Waals surface area contributed by atoms with E-state index >= 15 is 0 Å². The lowest BCUT2D eigenvalue weighted by molar-refractivity contribution is 0.0601. The summed E-state index contributed by atoms with van der Waals surface area (Å²) in [4.78, 5) is 11.7. The van der Waals surface area contributed by atoms with Crippen molar-refractivity contribution < 1.29 is 9.53 Å². The van der Waals surface area contributed by atoms with Gasteiger partial charge in [-0.2, -0.15) is 0 Å². The molecule has 0 saturated carbocycles. The number of aryl methyl sites for hydroxylation is 1. The van der Waals surface area contributed by atoms with Crippen molar-refractivity contribution in [3.05, 3.63) is 65.2 Å². The van der Waals surface area contributed by atoms with Crippen LogP contribution < -0.4 is 10.6 Å². The molecule has 0 radical (unpaired) electrons. The molecule has 0 spiro atoms. The minimum Gasteiger partial charge on any atom is -0.465 e. The van der Waals surface area contributed by atoms with Gasteiger partial charge in [0.1, 0.15) is 0 Å². The average molecular weight is 371 g/mol. The normalized spacial score (nSPS) is 11.5. The fourth-order valence-corrected chi connectivity index (χ4v) is 2.91. The first-order chi connectivity index (χ1) is 12.5. The van der Waals surface area contributed by atoms with Crippen molar-refractivity contribution in [2.75, 3.05) is 19.0 Å². The summed E-state index contributed by atoms with van der Waals surface area (Å²) in [7, 11) is 1.37. The monoisotopic (exact) mass is 370 g/mol. The van der Waals surface area contributed by atoms with E-state index in [1.807, 2.05) is 19.1 Å². The Balaban J connectivity index is 1.92. The van der Waals surface area contributed by atoms with Crippen LogP contribution in [0.1, 0.15) is 34.8 Å². The first-order valence-electron chi connectivity index (χ1n) is 8.81. The summed E-state index contributed by atoms with van der Waals surface area (Å²) in [6, 6.07) is 15.9. The van der Waals surface area contributed by atoms with E-state index < -0.39 is 0 Å². The van der Waals surface area contributed by atoms with Gasteiger partial charge in [0.05, 0.1) is 12.7 Å². The molecule has 0 fully saturated rings. The second kappa shape index (κ2) is 9.92. The molecule has 0 aliphatic heterocycles. The van der Waals surface area contributed by atoms with Gasteiger partial charge in [-0.05, 0) is 54.7 Å². The Morgan fingerprint density at radius 3 is 2.58 bits per heavy atom. The van der Waals surface area contributed by atoms with E-state index in [9.17, 15) is 4.79 Å². The lowest BCUT2D eigenvalue weighted by Gasteiger charge is -2.18. The molecule has 1 atom stereocenters. The summed E-state index contributed by atoms with van der Waals surface area (Å²) in [6.07, 6.45) is 2.09. The topological polar surface area (TPSA) is 50.4 Å². The molecule has 0 heterocycles. The Morgan fingerprint density at radius 1 is 1.19 bits per heavy atom. The van der Waals surface area contributed by atoms with Crippen LogP contribution in [0.25, 0.3) is 0 Å². The molecule has 2 aromatic carbocycles. The number of carbonyl (C=O) groups is 1. The second-order valence-electron chi connectivity index (χ2n) is 6.32. The lowest BCUT2D eigenvalue weighted by atomic mass is 9.97. The molecule has 4 nitrogen and oxygen atoms in total. The number of methoxy groups -OCH3 is 1. The first kappa shape index (κ1) is 19.9. The van der Waals surface area contributed by atoms with Gasteiger partial charge >= 0.3 is 5.97 Å². The van der Waals surface area contributed by atoms with Crippen LogP contribution in [0.5, 0.6) is 0 Å². The summed E-state index contributed by atoms with van der Waals surface area (Å²) in [5, 5.41) is 7.04. The highest BCUT2D eigenvalue weighted by atomic mass is 32.1. The molecule has 2 rings (SSSR count). The Kier molecular flexibility index (Phi) is 7.60. The number of hydrogen-bond donors (Lipinski definition) is 2. The number of benzene rings is 2. The van der Waals surface area contributed by atoms with Gasteiger partial charge in [0, 0.05) is 12.2 Å². The van der Waals surface area contributed by atoms with Gasteiger partial charge in [0.25, 0.3) is 0 Å². The molecule has 138 valence electrons. The van der Waals surface area contributed by atoms with Crippen molar-refractivity contribution in [2.45, 2.75) is 26.7 Å². The fourth-order valence-electron chi connectivity index (χ4n) is 2.71. The van der Waals surface area contributed by atoms with E-state index in [4.69, 9.17) is 17.0 Å². The zero-order valence-corrected chi connectivity index (χ0v) is 16.4. The number of thiocarbonyl (C=S) groups is 1. The lowest BCUT2D eigenvalue weighted by Crippen LogP contribution is -2.33. The molecule has 0 amide bonds. The molecule has 2 N–H and O–H groups in total. The SMILES string of the molecule is CC[C@@H](CNC(=S)Nc1cc(C(=O)OC)ccc1C)Cc1ccccc1. The predicted octanol–water partition coefficient (Wildman–Crippen LogP) is 4.34. The van der Waals surface area contributed by atoms with Crippen molar-refractivity contribution in [3.63, 3.8) is 0 Å². The third-order valence-corrected chi connectivity index (χ3v) is 4.65. The Labute approximate surface area is 161 Å². The first-order valence-corrected chi connectivity index (χ1v) is 9.22. The quantitative estimate of drug-likeness (QED) is 0.561. The van der Waals surface area contributed by atoms with Crippen LogP contribution in [0.15, 0.2) is 48.5 Å². The van der Waals surface area contributed by atoms with Gasteiger partial charge in [0.15, 0.2) is 5.11 Å². The second-order valence-corrected chi connectivity index (χ2v) is 6.73. The van der Waals surface area contributed by atoms with E-state index in [-0.39, 0.29) is 5.97 Å². The van der Waals surface area contributed by atoms with Gasteiger partial charge in [-0.15, -0.1) is 0 Å². The minimum atomic E-state index is -0.360. The molecule has 0 saturated heterocycles. The van der Waals surface area contributed by atoms with Crippen LogP contribution in [0.3, 0.4) is 0 Å². The van der Waals surface area contributed by atoms with Gasteiger partial charge < -0.3 is 15.4 Å². The van der Waals surface area contributed by atoms with E-state index in [1.165, 1.54) is 12.7 Å². The van der Waals surface area contributed by atoms with Gasteiger partial charge in [-0.3, -0.25) is 0 Å². The average Bonchev–Trinajstić information content (AvgIpc) is 2.67. The van der Waals surface area contributed by atoms with E-state index in [1.54, 1.807) is 12.1 Å². The van der Waals surface area contributed by atoms with Crippen molar-refractivity contribution >= 4 is 29.0 Å². The Morgan fingerprint density at radius 2 is 1.92 bits per heavy atom. The molecule has 26 heavy (non-hydrogen) atoms. The highest BCUT2D eigenvalue weighted by molar-refractivity contribution is 7.80. The maximum absolute atomic E-state index is 11.7. The Bertz CT molecular complexity index is 747. The largest absolute Gasteiger partial charge is 0.465 e. The van der Waals surface area contributed by atoms with Gasteiger partial charge in [0.2, 0.25) is 0 Å². The maximum Gasteiger partial charge on any atom is 0.337 e. The summed E-state index contributed by atoms with van der Waals surface area (Å²) in [6.45, 7) is 4.96. The third-order valence-electron chi connectivity index (χ3n) is 4.40. The number of anilines is 1. The maximum atomic E-state index is 11.7. The fraction of sp³-hybridized carbons (Fsp3) is 0.333. The van der Waals surface area contributed by atoms with Crippen LogP contribution >= 0.6 is 12.2 Å². The zero-order valence-electron chi connectivity index (χ0n) is 15.5.